The molecule has 142 valence electrons. The SMILES string of the molecule is C[C@@H]1c2nc(C3CC3)nn2CCN1S(=O)(=O)c1ccc2oc(=O)n(C)c2c1. The molecular formula is C17H19N5O4S. The third kappa shape index (κ3) is 2.47. The van der Waals surface area contributed by atoms with Crippen LogP contribution in [0.4, 0.5) is 0 Å². The summed E-state index contributed by atoms with van der Waals surface area (Å²) in [6, 6.07) is 4.07. The summed E-state index contributed by atoms with van der Waals surface area (Å²) in [4.78, 5) is 16.4. The Kier molecular flexibility index (Phi) is 3.41. The molecule has 3 aromatic rings. The number of nitrogens with zero attached hydrogens (tertiary/aromatic N) is 5. The normalized spacial score (nSPS) is 20.9. The lowest BCUT2D eigenvalue weighted by atomic mass is 10.2. The second-order valence-corrected chi connectivity index (χ2v) is 9.06. The predicted molar refractivity (Wildman–Crippen MR) is 95.8 cm³/mol. The standard InChI is InChI=1S/C17H19N5O4S/c1-10-16-18-15(11-3-4-11)19-21(16)7-8-22(10)27(24,25)12-5-6-14-13(9-12)20(2)17(23)26-14/h5-6,9-11H,3-4,7-8H2,1-2H3/t10-/m1/s1. The maximum atomic E-state index is 13.3. The van der Waals surface area contributed by atoms with E-state index in [9.17, 15) is 13.2 Å². The highest BCUT2D eigenvalue weighted by molar-refractivity contribution is 7.89. The Bertz CT molecular complexity index is 1220. The summed E-state index contributed by atoms with van der Waals surface area (Å²) < 4.78 is 36.2. The summed E-state index contributed by atoms with van der Waals surface area (Å²) in [5, 5.41) is 4.54. The van der Waals surface area contributed by atoms with Crippen LogP contribution in [0.1, 0.15) is 43.4 Å². The van der Waals surface area contributed by atoms with Gasteiger partial charge in [-0.05, 0) is 38.0 Å². The number of rotatable bonds is 3. The van der Waals surface area contributed by atoms with Crippen LogP contribution >= 0.6 is 0 Å². The van der Waals surface area contributed by atoms with Gasteiger partial charge < -0.3 is 4.42 Å². The van der Waals surface area contributed by atoms with E-state index >= 15 is 0 Å². The lowest BCUT2D eigenvalue weighted by Crippen LogP contribution is -2.41. The van der Waals surface area contributed by atoms with Crippen molar-refractivity contribution in [3.05, 3.63) is 40.4 Å². The number of oxazole rings is 1. The predicted octanol–water partition coefficient (Wildman–Crippen LogP) is 1.37. The highest BCUT2D eigenvalue weighted by Crippen LogP contribution is 2.39. The van der Waals surface area contributed by atoms with Crippen LogP contribution in [0.15, 0.2) is 32.3 Å². The van der Waals surface area contributed by atoms with E-state index in [0.29, 0.717) is 35.9 Å². The summed E-state index contributed by atoms with van der Waals surface area (Å²) in [7, 11) is -2.20. The monoisotopic (exact) mass is 389 g/mol. The number of hydrogen-bond acceptors (Lipinski definition) is 6. The van der Waals surface area contributed by atoms with E-state index < -0.39 is 21.8 Å². The van der Waals surface area contributed by atoms with Gasteiger partial charge in [0.2, 0.25) is 10.0 Å². The van der Waals surface area contributed by atoms with Gasteiger partial charge in [0.1, 0.15) is 5.82 Å². The zero-order valence-electron chi connectivity index (χ0n) is 15.0. The van der Waals surface area contributed by atoms with E-state index in [-0.39, 0.29) is 4.90 Å². The first-order chi connectivity index (χ1) is 12.9. The molecule has 9 nitrogen and oxygen atoms in total. The largest absolute Gasteiger partial charge is 0.419 e. The highest BCUT2D eigenvalue weighted by atomic mass is 32.2. The summed E-state index contributed by atoms with van der Waals surface area (Å²) in [6.07, 6.45) is 2.20. The molecule has 1 aliphatic heterocycles. The van der Waals surface area contributed by atoms with Crippen LogP contribution < -0.4 is 5.76 Å². The number of benzene rings is 1. The van der Waals surface area contributed by atoms with Gasteiger partial charge in [0.25, 0.3) is 0 Å². The van der Waals surface area contributed by atoms with Gasteiger partial charge in [-0.3, -0.25) is 4.57 Å². The van der Waals surface area contributed by atoms with E-state index in [0.717, 1.165) is 18.7 Å². The number of hydrogen-bond donors (Lipinski definition) is 0. The third-order valence-corrected chi connectivity index (χ3v) is 7.33. The molecule has 27 heavy (non-hydrogen) atoms. The van der Waals surface area contributed by atoms with Gasteiger partial charge >= 0.3 is 5.76 Å². The quantitative estimate of drug-likeness (QED) is 0.670. The van der Waals surface area contributed by atoms with Crippen LogP contribution in [0, 0.1) is 0 Å². The lowest BCUT2D eigenvalue weighted by Gasteiger charge is -2.31. The molecular weight excluding hydrogens is 370 g/mol. The van der Waals surface area contributed by atoms with Crippen molar-refractivity contribution in [2.24, 2.45) is 7.05 Å². The average molecular weight is 389 g/mol. The number of fused-ring (bicyclic) bond motifs is 2. The Hall–Kier alpha value is -2.46. The molecule has 0 bridgehead atoms. The van der Waals surface area contributed by atoms with Gasteiger partial charge in [-0.15, -0.1) is 0 Å². The molecule has 2 aliphatic rings. The maximum Gasteiger partial charge on any atom is 0.419 e. The van der Waals surface area contributed by atoms with Gasteiger partial charge in [-0.25, -0.2) is 22.9 Å². The second-order valence-electron chi connectivity index (χ2n) is 7.17. The molecule has 2 aromatic heterocycles. The molecule has 1 atom stereocenters. The van der Waals surface area contributed by atoms with Crippen LogP contribution in [-0.2, 0) is 23.6 Å². The Morgan fingerprint density at radius 3 is 2.74 bits per heavy atom. The minimum Gasteiger partial charge on any atom is -0.408 e. The van der Waals surface area contributed by atoms with E-state index in [1.54, 1.807) is 7.05 Å². The first kappa shape index (κ1) is 16.7. The zero-order chi connectivity index (χ0) is 18.9. The van der Waals surface area contributed by atoms with Gasteiger partial charge in [-0.1, -0.05) is 0 Å². The average Bonchev–Trinajstić information content (AvgIpc) is 3.33. The van der Waals surface area contributed by atoms with Gasteiger partial charge in [0.15, 0.2) is 11.4 Å². The maximum absolute atomic E-state index is 13.3. The van der Waals surface area contributed by atoms with Crippen molar-refractivity contribution in [3.8, 4) is 0 Å². The second kappa shape index (κ2) is 5.52. The van der Waals surface area contributed by atoms with Gasteiger partial charge in [0, 0.05) is 19.5 Å². The Morgan fingerprint density at radius 2 is 2.00 bits per heavy atom. The van der Waals surface area contributed by atoms with Crippen LogP contribution in [0.5, 0.6) is 0 Å². The van der Waals surface area contributed by atoms with E-state index in [4.69, 9.17) is 4.42 Å². The molecule has 0 saturated heterocycles. The lowest BCUT2D eigenvalue weighted by molar-refractivity contribution is 0.265. The van der Waals surface area contributed by atoms with Crippen molar-refractivity contribution in [2.75, 3.05) is 6.54 Å². The fourth-order valence-corrected chi connectivity index (χ4v) is 5.21. The summed E-state index contributed by atoms with van der Waals surface area (Å²) in [5.41, 5.74) is 0.812. The minimum absolute atomic E-state index is 0.133. The smallest absolute Gasteiger partial charge is 0.408 e. The molecule has 3 heterocycles. The topological polar surface area (TPSA) is 103 Å². The summed E-state index contributed by atoms with van der Waals surface area (Å²) in [5.74, 6) is 1.41. The molecule has 0 spiro atoms. The van der Waals surface area contributed by atoms with Crippen molar-refractivity contribution in [1.29, 1.82) is 0 Å². The summed E-state index contributed by atoms with van der Waals surface area (Å²) >= 11 is 0. The highest BCUT2D eigenvalue weighted by Gasteiger charge is 2.38. The molecule has 0 amide bonds. The fraction of sp³-hybridized carbons (Fsp3) is 0.471. The first-order valence-electron chi connectivity index (χ1n) is 8.92. The molecule has 1 aromatic carbocycles. The van der Waals surface area contributed by atoms with Crippen LogP contribution in [0.2, 0.25) is 0 Å². The molecule has 1 saturated carbocycles. The molecule has 0 unspecified atom stereocenters. The van der Waals surface area contributed by atoms with Crippen molar-refractivity contribution in [3.63, 3.8) is 0 Å². The van der Waals surface area contributed by atoms with Crippen molar-refractivity contribution in [2.45, 2.75) is 43.2 Å². The summed E-state index contributed by atoms with van der Waals surface area (Å²) in [6.45, 7) is 2.64. The Morgan fingerprint density at radius 1 is 1.22 bits per heavy atom. The van der Waals surface area contributed by atoms with Crippen molar-refractivity contribution < 1.29 is 12.8 Å². The number of aryl methyl sites for hydroxylation is 1. The first-order valence-corrected chi connectivity index (χ1v) is 10.4. The Balaban J connectivity index is 1.54. The fourth-order valence-electron chi connectivity index (χ4n) is 3.61. The molecule has 0 N–H and O–H groups in total. The van der Waals surface area contributed by atoms with Crippen molar-refractivity contribution in [1.82, 2.24) is 23.6 Å². The van der Waals surface area contributed by atoms with Gasteiger partial charge in [-0.2, -0.15) is 9.40 Å². The van der Waals surface area contributed by atoms with Crippen LogP contribution in [0.25, 0.3) is 11.1 Å². The molecule has 5 rings (SSSR count). The number of sulfonamides is 1. The molecule has 10 heteroatoms. The third-order valence-electron chi connectivity index (χ3n) is 5.37. The molecule has 1 aliphatic carbocycles. The van der Waals surface area contributed by atoms with Crippen LogP contribution in [-0.4, -0.2) is 38.6 Å². The minimum atomic E-state index is -3.75. The van der Waals surface area contributed by atoms with Crippen molar-refractivity contribution >= 4 is 21.1 Å². The zero-order valence-corrected chi connectivity index (χ0v) is 15.8. The molecule has 1 fully saturated rings. The van der Waals surface area contributed by atoms with Crippen LogP contribution in [0.3, 0.4) is 0 Å². The molecule has 0 radical (unpaired) electrons. The Labute approximate surface area is 155 Å². The van der Waals surface area contributed by atoms with E-state index in [2.05, 4.69) is 10.1 Å². The van der Waals surface area contributed by atoms with E-state index in [1.807, 2.05) is 11.6 Å². The number of aromatic nitrogens is 4. The van der Waals surface area contributed by atoms with Gasteiger partial charge in [0.05, 0.1) is 23.0 Å². The van der Waals surface area contributed by atoms with E-state index in [1.165, 1.54) is 27.1 Å².